The number of carbonyl (C=O) groups excluding carboxylic acids is 2. The third-order valence-corrected chi connectivity index (χ3v) is 2.62. The molecule has 0 spiro atoms. The van der Waals surface area contributed by atoms with Gasteiger partial charge < -0.3 is 15.2 Å². The highest BCUT2D eigenvalue weighted by molar-refractivity contribution is 5.88. The zero-order valence-corrected chi connectivity index (χ0v) is 11.2. The summed E-state index contributed by atoms with van der Waals surface area (Å²) in [6.45, 7) is 3.84. The Balaban J connectivity index is 2.99. The first-order valence-corrected chi connectivity index (χ1v) is 6.25. The van der Waals surface area contributed by atoms with Crippen LogP contribution in [0.4, 0.5) is 0 Å². The fourth-order valence-electron chi connectivity index (χ4n) is 1.76. The maximum atomic E-state index is 12.0. The molecule has 5 nitrogen and oxygen atoms in total. The highest BCUT2D eigenvalue weighted by atomic mass is 16.5. The average Bonchev–Trinajstić information content (AvgIpc) is 2.40. The highest BCUT2D eigenvalue weighted by Gasteiger charge is 2.34. The van der Waals surface area contributed by atoms with Crippen molar-refractivity contribution in [3.63, 3.8) is 0 Å². The molecule has 0 radical (unpaired) electrons. The summed E-state index contributed by atoms with van der Waals surface area (Å²) in [5, 5.41) is 0. The van der Waals surface area contributed by atoms with E-state index in [0.29, 0.717) is 5.56 Å². The molecule has 0 aliphatic rings. The van der Waals surface area contributed by atoms with Gasteiger partial charge in [0.15, 0.2) is 0 Å². The Morgan fingerprint density at radius 1 is 1.05 bits per heavy atom. The Morgan fingerprint density at radius 2 is 1.58 bits per heavy atom. The van der Waals surface area contributed by atoms with Gasteiger partial charge in [-0.1, -0.05) is 30.3 Å². The molecule has 0 fully saturated rings. The monoisotopic (exact) mass is 265 g/mol. The van der Waals surface area contributed by atoms with Crippen LogP contribution in [0.25, 0.3) is 0 Å². The first-order chi connectivity index (χ1) is 9.11. The number of hydrogen-bond donors (Lipinski definition) is 1. The fraction of sp³-hybridized carbons (Fsp3) is 0.429. The van der Waals surface area contributed by atoms with Crippen molar-refractivity contribution in [2.75, 3.05) is 13.2 Å². The smallest absolute Gasteiger partial charge is 0.324 e. The molecule has 0 saturated heterocycles. The molecule has 104 valence electrons. The number of esters is 2. The van der Waals surface area contributed by atoms with Crippen LogP contribution < -0.4 is 5.73 Å². The number of benzene rings is 1. The lowest BCUT2D eigenvalue weighted by Gasteiger charge is -2.21. The van der Waals surface area contributed by atoms with Crippen molar-refractivity contribution in [3.05, 3.63) is 35.9 Å². The maximum absolute atomic E-state index is 12.0. The first kappa shape index (κ1) is 15.2. The largest absolute Gasteiger partial charge is 0.465 e. The molecule has 0 aliphatic carbocycles. The lowest BCUT2D eigenvalue weighted by molar-refractivity contribution is -0.153. The Bertz CT molecular complexity index is 419. The number of hydrogen-bond acceptors (Lipinski definition) is 5. The molecule has 2 N–H and O–H groups in total. The van der Waals surface area contributed by atoms with Gasteiger partial charge in [-0.2, -0.15) is 0 Å². The van der Waals surface area contributed by atoms with Crippen LogP contribution in [0.5, 0.6) is 0 Å². The van der Waals surface area contributed by atoms with Crippen molar-refractivity contribution in [2.24, 2.45) is 5.73 Å². The minimum atomic E-state index is -1.07. The molecule has 0 aliphatic heterocycles. The van der Waals surface area contributed by atoms with E-state index in [1.54, 1.807) is 38.1 Å². The quantitative estimate of drug-likeness (QED) is 0.782. The first-order valence-electron chi connectivity index (χ1n) is 6.25. The molecular formula is C14H19NO4. The van der Waals surface area contributed by atoms with E-state index in [9.17, 15) is 9.59 Å². The van der Waals surface area contributed by atoms with Gasteiger partial charge in [-0.3, -0.25) is 9.59 Å². The molecule has 5 heteroatoms. The van der Waals surface area contributed by atoms with Crippen molar-refractivity contribution in [3.8, 4) is 0 Å². The van der Waals surface area contributed by atoms with E-state index in [4.69, 9.17) is 15.2 Å². The zero-order valence-electron chi connectivity index (χ0n) is 11.2. The van der Waals surface area contributed by atoms with Gasteiger partial charge >= 0.3 is 11.9 Å². The van der Waals surface area contributed by atoms with Gasteiger partial charge in [-0.15, -0.1) is 0 Å². The standard InChI is InChI=1S/C14H19NO4/c1-3-18-13(16)11(10-8-6-5-7-9-10)12(15)14(17)19-4-2/h5-9,11-12H,3-4,15H2,1-2H3/t11-,12+/m0/s1. The van der Waals surface area contributed by atoms with Gasteiger partial charge in [0, 0.05) is 0 Å². The minimum absolute atomic E-state index is 0.219. The fourth-order valence-corrected chi connectivity index (χ4v) is 1.76. The van der Waals surface area contributed by atoms with E-state index < -0.39 is 23.9 Å². The summed E-state index contributed by atoms with van der Waals surface area (Å²) in [6, 6.07) is 7.78. The Hall–Kier alpha value is -1.88. The topological polar surface area (TPSA) is 78.6 Å². The zero-order chi connectivity index (χ0) is 14.3. The van der Waals surface area contributed by atoms with Crippen LogP contribution in [0, 0.1) is 0 Å². The van der Waals surface area contributed by atoms with Crippen LogP contribution >= 0.6 is 0 Å². The number of carbonyl (C=O) groups is 2. The van der Waals surface area contributed by atoms with Crippen LogP contribution in [-0.4, -0.2) is 31.2 Å². The molecule has 1 aromatic carbocycles. The third-order valence-electron chi connectivity index (χ3n) is 2.62. The molecule has 0 unspecified atom stereocenters. The summed E-state index contributed by atoms with van der Waals surface area (Å²) >= 11 is 0. The Morgan fingerprint density at radius 3 is 2.11 bits per heavy atom. The molecule has 2 atom stereocenters. The molecule has 19 heavy (non-hydrogen) atoms. The second-order valence-electron chi connectivity index (χ2n) is 3.92. The van der Waals surface area contributed by atoms with E-state index in [-0.39, 0.29) is 13.2 Å². The van der Waals surface area contributed by atoms with Crippen molar-refractivity contribution in [1.29, 1.82) is 0 Å². The maximum Gasteiger partial charge on any atom is 0.324 e. The molecule has 0 heterocycles. The minimum Gasteiger partial charge on any atom is -0.465 e. The van der Waals surface area contributed by atoms with Crippen molar-refractivity contribution >= 4 is 11.9 Å². The predicted molar refractivity (Wildman–Crippen MR) is 70.4 cm³/mol. The highest BCUT2D eigenvalue weighted by Crippen LogP contribution is 2.21. The Kier molecular flexibility index (Phi) is 6.02. The lowest BCUT2D eigenvalue weighted by atomic mass is 9.92. The van der Waals surface area contributed by atoms with Crippen LogP contribution in [0.3, 0.4) is 0 Å². The van der Waals surface area contributed by atoms with E-state index in [1.807, 2.05) is 6.07 Å². The lowest BCUT2D eigenvalue weighted by Crippen LogP contribution is -2.42. The average molecular weight is 265 g/mol. The molecule has 0 saturated carbocycles. The van der Waals surface area contributed by atoms with E-state index in [1.165, 1.54) is 0 Å². The second-order valence-corrected chi connectivity index (χ2v) is 3.92. The van der Waals surface area contributed by atoms with Crippen LogP contribution in [0.2, 0.25) is 0 Å². The van der Waals surface area contributed by atoms with Crippen molar-refractivity contribution < 1.29 is 19.1 Å². The number of nitrogens with two attached hydrogens (primary N) is 1. The SMILES string of the molecule is CCOC(=O)[C@H](N)[C@@H](C(=O)OCC)c1ccccc1. The van der Waals surface area contributed by atoms with Crippen molar-refractivity contribution in [2.45, 2.75) is 25.8 Å². The second kappa shape index (κ2) is 7.53. The van der Waals surface area contributed by atoms with Crippen LogP contribution in [-0.2, 0) is 19.1 Å². The summed E-state index contributed by atoms with van der Waals surface area (Å²) in [7, 11) is 0. The van der Waals surface area contributed by atoms with E-state index in [0.717, 1.165) is 0 Å². The third kappa shape index (κ3) is 4.06. The van der Waals surface area contributed by atoms with Gasteiger partial charge in [0.1, 0.15) is 12.0 Å². The predicted octanol–water partition coefficient (Wildman–Crippen LogP) is 1.22. The molecular weight excluding hydrogens is 246 g/mol. The van der Waals surface area contributed by atoms with Crippen LogP contribution in [0.1, 0.15) is 25.3 Å². The number of rotatable bonds is 6. The van der Waals surface area contributed by atoms with Gasteiger partial charge in [0.25, 0.3) is 0 Å². The molecule has 0 amide bonds. The summed E-state index contributed by atoms with van der Waals surface area (Å²) < 4.78 is 9.84. The summed E-state index contributed by atoms with van der Waals surface area (Å²) in [6.07, 6.45) is 0. The molecule has 1 aromatic rings. The van der Waals surface area contributed by atoms with E-state index >= 15 is 0 Å². The van der Waals surface area contributed by atoms with Crippen LogP contribution in [0.15, 0.2) is 30.3 Å². The van der Waals surface area contributed by atoms with E-state index in [2.05, 4.69) is 0 Å². The molecule has 0 aromatic heterocycles. The Labute approximate surface area is 112 Å². The summed E-state index contributed by atoms with van der Waals surface area (Å²) in [5.74, 6) is -1.97. The molecule has 0 bridgehead atoms. The summed E-state index contributed by atoms with van der Waals surface area (Å²) in [4.78, 5) is 23.7. The normalized spacial score (nSPS) is 13.4. The molecule has 1 rings (SSSR count). The van der Waals surface area contributed by atoms with Gasteiger partial charge in [0.05, 0.1) is 13.2 Å². The van der Waals surface area contributed by atoms with Crippen molar-refractivity contribution in [1.82, 2.24) is 0 Å². The van der Waals surface area contributed by atoms with Gasteiger partial charge in [-0.05, 0) is 19.4 Å². The van der Waals surface area contributed by atoms with Gasteiger partial charge in [0.2, 0.25) is 0 Å². The summed E-state index contributed by atoms with van der Waals surface area (Å²) in [5.41, 5.74) is 6.48. The number of ether oxygens (including phenoxy) is 2. The van der Waals surface area contributed by atoms with Gasteiger partial charge in [-0.25, -0.2) is 0 Å².